The number of benzene rings is 4. The summed E-state index contributed by atoms with van der Waals surface area (Å²) in [4.78, 5) is 12.2. The molecular weight excluding hydrogens is 546 g/mol. The number of hydrogen-bond donors (Lipinski definition) is 0. The molecule has 4 nitrogen and oxygen atoms in total. The molecule has 0 atom stereocenters. The lowest BCUT2D eigenvalue weighted by Gasteiger charge is -2.16. The van der Waals surface area contributed by atoms with Crippen LogP contribution < -0.4 is 4.74 Å². The Labute approximate surface area is 229 Å². The quantitative estimate of drug-likeness (QED) is 0.200. The number of aromatic nitrogens is 2. The zero-order valence-corrected chi connectivity index (χ0v) is 21.2. The number of ether oxygens (including phenoxy) is 1. The number of nitrogens with zero attached hydrogens (tertiary/aromatic N) is 2. The van der Waals surface area contributed by atoms with E-state index in [9.17, 15) is 31.1 Å². The maximum Gasteiger partial charge on any atom is 0.418 e. The van der Waals surface area contributed by atoms with Crippen LogP contribution in [0.15, 0.2) is 72.8 Å². The Hall–Kier alpha value is -4.60. The molecule has 1 aromatic heterocycles. The molecule has 0 bridgehead atoms. The van der Waals surface area contributed by atoms with Crippen LogP contribution in [0.25, 0.3) is 22.2 Å². The number of carbonyl (C=O) groups excluding carboxylic acids is 1. The summed E-state index contributed by atoms with van der Waals surface area (Å²) >= 11 is 0. The second kappa shape index (κ2) is 10.1. The zero-order valence-electron chi connectivity index (χ0n) is 21.2. The fourth-order valence-corrected chi connectivity index (χ4v) is 5.20. The maximum atomic E-state index is 14.6. The Morgan fingerprint density at radius 2 is 1.59 bits per heavy atom. The number of carbonyl (C=O) groups is 1. The molecule has 10 heteroatoms. The first-order chi connectivity index (χ1) is 19.6. The number of ketones is 1. The maximum absolute atomic E-state index is 14.6. The van der Waals surface area contributed by atoms with Crippen LogP contribution in [0, 0.1) is 17.5 Å². The van der Waals surface area contributed by atoms with Gasteiger partial charge in [0.1, 0.15) is 34.5 Å². The molecule has 0 spiro atoms. The van der Waals surface area contributed by atoms with Gasteiger partial charge < -0.3 is 4.74 Å². The van der Waals surface area contributed by atoms with Crippen molar-refractivity contribution in [2.24, 2.45) is 0 Å². The van der Waals surface area contributed by atoms with Gasteiger partial charge in [0.25, 0.3) is 0 Å². The molecule has 4 aromatic carbocycles. The van der Waals surface area contributed by atoms with Crippen LogP contribution in [0.2, 0.25) is 0 Å². The van der Waals surface area contributed by atoms with Gasteiger partial charge in [-0.2, -0.15) is 18.3 Å². The third-order valence-electron chi connectivity index (χ3n) is 7.06. The second-order valence-electron chi connectivity index (χ2n) is 9.78. The Morgan fingerprint density at radius 1 is 0.854 bits per heavy atom. The van der Waals surface area contributed by atoms with Crippen molar-refractivity contribution in [2.75, 3.05) is 0 Å². The molecule has 0 aliphatic heterocycles. The third kappa shape index (κ3) is 5.05. The van der Waals surface area contributed by atoms with E-state index in [4.69, 9.17) is 4.74 Å². The van der Waals surface area contributed by atoms with Crippen LogP contribution in [0.3, 0.4) is 0 Å². The molecule has 1 heterocycles. The molecule has 0 saturated heterocycles. The molecule has 0 unspecified atom stereocenters. The molecule has 0 fully saturated rings. The summed E-state index contributed by atoms with van der Waals surface area (Å²) in [5.41, 5.74) is 0.117. The highest BCUT2D eigenvalue weighted by atomic mass is 19.4. The summed E-state index contributed by atoms with van der Waals surface area (Å²) < 4.78 is 91.3. The van der Waals surface area contributed by atoms with E-state index in [1.54, 1.807) is 42.5 Å². The molecular formula is C31H20F6N2O2. The first-order valence-corrected chi connectivity index (χ1v) is 12.7. The SMILES string of the molecule is O=C1CCCc2cc(Oc3cccc(-c4c5cccc(C(F)(F)F)c5nn4Cc4c(F)cc(F)cc4F)c3)ccc21. The lowest BCUT2D eigenvalue weighted by atomic mass is 9.90. The number of halogens is 6. The van der Waals surface area contributed by atoms with Crippen molar-refractivity contribution in [1.29, 1.82) is 0 Å². The summed E-state index contributed by atoms with van der Waals surface area (Å²) in [6, 6.07) is 16.2. The van der Waals surface area contributed by atoms with Crippen molar-refractivity contribution >= 4 is 16.7 Å². The monoisotopic (exact) mass is 566 g/mol. The Morgan fingerprint density at radius 3 is 2.34 bits per heavy atom. The largest absolute Gasteiger partial charge is 0.457 e. The van der Waals surface area contributed by atoms with Crippen molar-refractivity contribution < 1.29 is 35.9 Å². The van der Waals surface area contributed by atoms with E-state index in [2.05, 4.69) is 5.10 Å². The Kier molecular flexibility index (Phi) is 6.56. The normalized spacial score (nSPS) is 13.5. The van der Waals surface area contributed by atoms with Gasteiger partial charge in [-0.15, -0.1) is 0 Å². The summed E-state index contributed by atoms with van der Waals surface area (Å²) in [6.45, 7) is -0.594. The van der Waals surface area contributed by atoms with Crippen molar-refractivity contribution in [2.45, 2.75) is 32.0 Å². The van der Waals surface area contributed by atoms with Crippen LogP contribution in [0.4, 0.5) is 26.3 Å². The summed E-state index contributed by atoms with van der Waals surface area (Å²) in [5, 5.41) is 4.23. The second-order valence-corrected chi connectivity index (χ2v) is 9.78. The Bertz CT molecular complexity index is 1800. The molecule has 1 aliphatic rings. The molecule has 41 heavy (non-hydrogen) atoms. The predicted octanol–water partition coefficient (Wildman–Crippen LogP) is 8.50. The molecule has 208 valence electrons. The van der Waals surface area contributed by atoms with Gasteiger partial charge in [0, 0.05) is 40.6 Å². The highest BCUT2D eigenvalue weighted by molar-refractivity contribution is 5.98. The van der Waals surface area contributed by atoms with Gasteiger partial charge in [0.15, 0.2) is 5.78 Å². The minimum atomic E-state index is -4.73. The molecule has 6 rings (SSSR count). The van der Waals surface area contributed by atoms with E-state index in [1.165, 1.54) is 12.1 Å². The van der Waals surface area contributed by atoms with Crippen molar-refractivity contribution in [1.82, 2.24) is 9.78 Å². The van der Waals surface area contributed by atoms with Gasteiger partial charge in [-0.25, -0.2) is 13.2 Å². The Balaban J connectivity index is 1.46. The van der Waals surface area contributed by atoms with E-state index in [1.807, 2.05) is 0 Å². The van der Waals surface area contributed by atoms with Gasteiger partial charge in [-0.3, -0.25) is 9.48 Å². The standard InChI is InChI=1S/C31H20F6N2O2/c32-19-14-26(33)24(27(34)15-19)16-39-30(23-7-3-8-25(29(23)38-39)31(35,36)37)18-5-1-6-20(13-18)41-21-10-11-22-17(12-21)4-2-9-28(22)40/h1,3,5-8,10-15H,2,4,9,16H2. The average Bonchev–Trinajstić information content (AvgIpc) is 3.28. The number of fused-ring (bicyclic) bond motifs is 2. The molecule has 0 amide bonds. The van der Waals surface area contributed by atoms with E-state index < -0.39 is 46.8 Å². The average molecular weight is 567 g/mol. The fourth-order valence-electron chi connectivity index (χ4n) is 5.20. The van der Waals surface area contributed by atoms with Crippen LogP contribution in [0.5, 0.6) is 11.5 Å². The summed E-state index contributed by atoms with van der Waals surface area (Å²) in [6.07, 6.45) is -2.75. The molecule has 0 radical (unpaired) electrons. The van der Waals surface area contributed by atoms with Gasteiger partial charge in [0.2, 0.25) is 0 Å². The summed E-state index contributed by atoms with van der Waals surface area (Å²) in [5.74, 6) is -2.60. The number of aryl methyl sites for hydroxylation is 1. The first kappa shape index (κ1) is 26.6. The van der Waals surface area contributed by atoms with Gasteiger partial charge in [-0.1, -0.05) is 24.3 Å². The smallest absolute Gasteiger partial charge is 0.418 e. The highest BCUT2D eigenvalue weighted by Crippen LogP contribution is 2.39. The van der Waals surface area contributed by atoms with Crippen molar-refractivity contribution in [3.63, 3.8) is 0 Å². The molecule has 1 aliphatic carbocycles. The molecule has 0 saturated carbocycles. The van der Waals surface area contributed by atoms with E-state index in [0.29, 0.717) is 41.2 Å². The lowest BCUT2D eigenvalue weighted by Crippen LogP contribution is -2.10. The minimum absolute atomic E-state index is 0.0761. The van der Waals surface area contributed by atoms with Crippen molar-refractivity contribution in [3.05, 3.63) is 113 Å². The van der Waals surface area contributed by atoms with Crippen LogP contribution in [0.1, 0.15) is 39.9 Å². The minimum Gasteiger partial charge on any atom is -0.457 e. The fraction of sp³-hybridized carbons (Fsp3) is 0.161. The topological polar surface area (TPSA) is 44.1 Å². The van der Waals surface area contributed by atoms with E-state index in [-0.39, 0.29) is 16.9 Å². The number of Topliss-reactive ketones (excluding diaryl/α,β-unsaturated/α-hetero) is 1. The number of rotatable bonds is 5. The van der Waals surface area contributed by atoms with Gasteiger partial charge >= 0.3 is 6.18 Å². The van der Waals surface area contributed by atoms with Gasteiger partial charge in [0.05, 0.1) is 17.8 Å². The lowest BCUT2D eigenvalue weighted by molar-refractivity contribution is -0.136. The number of hydrogen-bond acceptors (Lipinski definition) is 3. The van der Waals surface area contributed by atoms with Crippen LogP contribution in [-0.2, 0) is 19.1 Å². The number of alkyl halides is 3. The van der Waals surface area contributed by atoms with Crippen molar-refractivity contribution in [3.8, 4) is 22.8 Å². The molecule has 5 aromatic rings. The first-order valence-electron chi connectivity index (χ1n) is 12.7. The third-order valence-corrected chi connectivity index (χ3v) is 7.06. The molecule has 0 N–H and O–H groups in total. The predicted molar refractivity (Wildman–Crippen MR) is 139 cm³/mol. The van der Waals surface area contributed by atoms with Crippen LogP contribution in [-0.4, -0.2) is 15.6 Å². The van der Waals surface area contributed by atoms with E-state index in [0.717, 1.165) is 29.2 Å². The summed E-state index contributed by atoms with van der Waals surface area (Å²) in [7, 11) is 0. The zero-order chi connectivity index (χ0) is 28.9. The van der Waals surface area contributed by atoms with E-state index >= 15 is 0 Å². The van der Waals surface area contributed by atoms with Crippen LogP contribution >= 0.6 is 0 Å². The van der Waals surface area contributed by atoms with Gasteiger partial charge in [-0.05, 0) is 54.8 Å². The highest BCUT2D eigenvalue weighted by Gasteiger charge is 2.35.